The normalized spacial score (nSPS) is 12.6. The molecule has 0 bridgehead atoms. The molecule has 0 radical (unpaired) electrons. The van der Waals surface area contributed by atoms with Crippen molar-refractivity contribution >= 4 is 23.3 Å². The van der Waals surface area contributed by atoms with Gasteiger partial charge >= 0.3 is 11.9 Å². The van der Waals surface area contributed by atoms with Crippen LogP contribution in [0.15, 0.2) is 17.5 Å². The second-order valence-electron chi connectivity index (χ2n) is 3.45. The number of carboxylic acids is 2. The summed E-state index contributed by atoms with van der Waals surface area (Å²) < 4.78 is 0. The first-order valence-corrected chi connectivity index (χ1v) is 5.56. The Hall–Kier alpha value is -1.40. The van der Waals surface area contributed by atoms with Crippen LogP contribution in [0.2, 0.25) is 0 Å². The third kappa shape index (κ3) is 3.63. The average molecular weight is 243 g/mol. The van der Waals surface area contributed by atoms with Crippen molar-refractivity contribution in [2.75, 3.05) is 7.05 Å². The second-order valence-corrected chi connectivity index (χ2v) is 4.48. The molecular formula is C10H13NO4S. The number of rotatable bonds is 6. The average Bonchev–Trinajstić information content (AvgIpc) is 2.65. The van der Waals surface area contributed by atoms with Crippen LogP contribution in [-0.4, -0.2) is 40.1 Å². The summed E-state index contributed by atoms with van der Waals surface area (Å²) in [6, 6.07) is 2.78. The minimum Gasteiger partial charge on any atom is -0.481 e. The lowest BCUT2D eigenvalue weighted by atomic mass is 10.2. The summed E-state index contributed by atoms with van der Waals surface area (Å²) in [5.74, 6) is -2.22. The zero-order chi connectivity index (χ0) is 12.1. The predicted molar refractivity (Wildman–Crippen MR) is 59.5 cm³/mol. The maximum Gasteiger partial charge on any atom is 0.321 e. The molecule has 0 aromatic carbocycles. The first-order chi connectivity index (χ1) is 7.50. The molecule has 1 heterocycles. The Morgan fingerprint density at radius 3 is 2.62 bits per heavy atom. The van der Waals surface area contributed by atoms with E-state index in [-0.39, 0.29) is 0 Å². The quantitative estimate of drug-likeness (QED) is 0.782. The van der Waals surface area contributed by atoms with Gasteiger partial charge in [-0.05, 0) is 18.5 Å². The maximum atomic E-state index is 10.9. The first-order valence-electron chi connectivity index (χ1n) is 4.68. The van der Waals surface area contributed by atoms with Gasteiger partial charge in [-0.1, -0.05) is 6.07 Å². The van der Waals surface area contributed by atoms with Gasteiger partial charge in [0.05, 0.1) is 6.42 Å². The highest BCUT2D eigenvalue weighted by molar-refractivity contribution is 7.09. The van der Waals surface area contributed by atoms with Crippen LogP contribution in [-0.2, 0) is 16.1 Å². The van der Waals surface area contributed by atoms with E-state index in [0.717, 1.165) is 4.88 Å². The summed E-state index contributed by atoms with van der Waals surface area (Å²) >= 11 is 1.52. The van der Waals surface area contributed by atoms with Gasteiger partial charge < -0.3 is 10.2 Å². The number of carbonyl (C=O) groups is 2. The molecule has 5 nitrogen and oxygen atoms in total. The molecule has 0 amide bonds. The lowest BCUT2D eigenvalue weighted by Gasteiger charge is -2.22. The topological polar surface area (TPSA) is 77.8 Å². The van der Waals surface area contributed by atoms with Crippen LogP contribution in [0.4, 0.5) is 0 Å². The SMILES string of the molecule is CN(Cc1cccs1)C(CC(=O)O)C(=O)O. The molecule has 1 atom stereocenters. The molecule has 0 spiro atoms. The van der Waals surface area contributed by atoms with Gasteiger partial charge in [0.1, 0.15) is 6.04 Å². The Morgan fingerprint density at radius 1 is 1.50 bits per heavy atom. The summed E-state index contributed by atoms with van der Waals surface area (Å²) in [4.78, 5) is 24.0. The van der Waals surface area contributed by atoms with Crippen molar-refractivity contribution in [3.05, 3.63) is 22.4 Å². The summed E-state index contributed by atoms with van der Waals surface area (Å²) in [5, 5.41) is 19.4. The number of thiophene rings is 1. The first kappa shape index (κ1) is 12.7. The maximum absolute atomic E-state index is 10.9. The van der Waals surface area contributed by atoms with Gasteiger partial charge in [-0.2, -0.15) is 0 Å². The van der Waals surface area contributed by atoms with Crippen LogP contribution in [0.25, 0.3) is 0 Å². The van der Waals surface area contributed by atoms with E-state index in [9.17, 15) is 9.59 Å². The molecular weight excluding hydrogens is 230 g/mol. The molecule has 2 N–H and O–H groups in total. The third-order valence-corrected chi connectivity index (χ3v) is 3.03. The van der Waals surface area contributed by atoms with E-state index in [4.69, 9.17) is 10.2 Å². The van der Waals surface area contributed by atoms with Gasteiger partial charge in [0, 0.05) is 11.4 Å². The second kappa shape index (κ2) is 5.62. The minimum atomic E-state index is -1.11. The Bertz CT molecular complexity index is 363. The highest BCUT2D eigenvalue weighted by Gasteiger charge is 2.25. The van der Waals surface area contributed by atoms with Crippen LogP contribution < -0.4 is 0 Å². The largest absolute Gasteiger partial charge is 0.481 e. The molecule has 0 saturated heterocycles. The Morgan fingerprint density at radius 2 is 2.19 bits per heavy atom. The predicted octanol–water partition coefficient (Wildman–Crippen LogP) is 1.11. The van der Waals surface area contributed by atoms with E-state index < -0.39 is 24.4 Å². The molecule has 0 aliphatic heterocycles. The zero-order valence-corrected chi connectivity index (χ0v) is 9.61. The lowest BCUT2D eigenvalue weighted by molar-refractivity contribution is -0.149. The zero-order valence-electron chi connectivity index (χ0n) is 8.79. The van der Waals surface area contributed by atoms with Crippen LogP contribution >= 0.6 is 11.3 Å². The molecule has 1 aromatic heterocycles. The fourth-order valence-electron chi connectivity index (χ4n) is 1.36. The van der Waals surface area contributed by atoms with Gasteiger partial charge in [-0.25, -0.2) is 0 Å². The monoisotopic (exact) mass is 243 g/mol. The molecule has 0 aliphatic carbocycles. The van der Waals surface area contributed by atoms with Gasteiger partial charge in [0.2, 0.25) is 0 Å². The third-order valence-electron chi connectivity index (χ3n) is 2.17. The number of likely N-dealkylation sites (N-methyl/N-ethyl adjacent to an activating group) is 1. The summed E-state index contributed by atoms with van der Waals surface area (Å²) in [6.45, 7) is 0.446. The van der Waals surface area contributed by atoms with Crippen molar-refractivity contribution in [1.29, 1.82) is 0 Å². The fourth-order valence-corrected chi connectivity index (χ4v) is 2.12. The lowest BCUT2D eigenvalue weighted by Crippen LogP contribution is -2.39. The number of aliphatic carboxylic acids is 2. The summed E-state index contributed by atoms with van der Waals surface area (Å²) in [7, 11) is 1.61. The fraction of sp³-hybridized carbons (Fsp3) is 0.400. The highest BCUT2D eigenvalue weighted by Crippen LogP contribution is 2.14. The van der Waals surface area contributed by atoms with Crippen molar-refractivity contribution in [3.8, 4) is 0 Å². The summed E-state index contributed by atoms with van der Waals surface area (Å²) in [6.07, 6.45) is -0.392. The van der Waals surface area contributed by atoms with E-state index in [0.29, 0.717) is 6.54 Å². The van der Waals surface area contributed by atoms with Crippen LogP contribution in [0.5, 0.6) is 0 Å². The van der Waals surface area contributed by atoms with Gasteiger partial charge in [-0.15, -0.1) is 11.3 Å². The molecule has 1 rings (SSSR count). The van der Waals surface area contributed by atoms with Crippen molar-refractivity contribution in [2.24, 2.45) is 0 Å². The van der Waals surface area contributed by atoms with E-state index >= 15 is 0 Å². The van der Waals surface area contributed by atoms with Gasteiger partial charge in [-0.3, -0.25) is 14.5 Å². The molecule has 6 heteroatoms. The smallest absolute Gasteiger partial charge is 0.321 e. The molecule has 0 aliphatic rings. The standard InChI is InChI=1S/C10H13NO4S/c1-11(6-7-3-2-4-16-7)8(10(14)15)5-9(12)13/h2-4,8H,5-6H2,1H3,(H,12,13)(H,14,15). The number of hydrogen-bond donors (Lipinski definition) is 2. The van der Waals surface area contributed by atoms with Crippen LogP contribution in [0.3, 0.4) is 0 Å². The summed E-state index contributed by atoms with van der Waals surface area (Å²) in [5.41, 5.74) is 0. The van der Waals surface area contributed by atoms with E-state index in [1.165, 1.54) is 16.2 Å². The van der Waals surface area contributed by atoms with Crippen molar-refractivity contribution in [1.82, 2.24) is 4.90 Å². The van der Waals surface area contributed by atoms with Crippen molar-refractivity contribution in [2.45, 2.75) is 19.0 Å². The van der Waals surface area contributed by atoms with E-state index in [1.54, 1.807) is 7.05 Å². The van der Waals surface area contributed by atoms with Gasteiger partial charge in [0.25, 0.3) is 0 Å². The van der Waals surface area contributed by atoms with Gasteiger partial charge in [0.15, 0.2) is 0 Å². The number of hydrogen-bond acceptors (Lipinski definition) is 4. The number of nitrogens with zero attached hydrogens (tertiary/aromatic N) is 1. The molecule has 0 saturated carbocycles. The minimum absolute atomic E-state index is 0.392. The molecule has 1 aromatic rings. The van der Waals surface area contributed by atoms with E-state index in [2.05, 4.69) is 0 Å². The number of carboxylic acid groups (broad SMARTS) is 2. The molecule has 88 valence electrons. The van der Waals surface area contributed by atoms with Crippen LogP contribution in [0.1, 0.15) is 11.3 Å². The Kier molecular flexibility index (Phi) is 4.45. The molecule has 0 fully saturated rings. The Labute approximate surface area is 96.9 Å². The van der Waals surface area contributed by atoms with E-state index in [1.807, 2.05) is 17.5 Å². The van der Waals surface area contributed by atoms with Crippen molar-refractivity contribution < 1.29 is 19.8 Å². The molecule has 16 heavy (non-hydrogen) atoms. The van der Waals surface area contributed by atoms with Crippen molar-refractivity contribution in [3.63, 3.8) is 0 Å². The highest BCUT2D eigenvalue weighted by atomic mass is 32.1. The van der Waals surface area contributed by atoms with Crippen LogP contribution in [0, 0.1) is 0 Å². The Balaban J connectivity index is 2.63. The molecule has 1 unspecified atom stereocenters.